The summed E-state index contributed by atoms with van der Waals surface area (Å²) in [5.74, 6) is 1.10. The van der Waals surface area contributed by atoms with Gasteiger partial charge in [-0.15, -0.1) is 0 Å². The number of benzene rings is 2. The van der Waals surface area contributed by atoms with Crippen molar-refractivity contribution in [3.63, 3.8) is 0 Å². The summed E-state index contributed by atoms with van der Waals surface area (Å²) in [7, 11) is 0. The molecule has 1 aliphatic carbocycles. The van der Waals surface area contributed by atoms with Gasteiger partial charge < -0.3 is 19.7 Å². The van der Waals surface area contributed by atoms with E-state index in [0.29, 0.717) is 37.9 Å². The number of aliphatic imine (C=N–C) groups is 2. The van der Waals surface area contributed by atoms with Crippen LogP contribution in [0.3, 0.4) is 0 Å². The molecule has 174 valence electrons. The minimum Gasteiger partial charge on any atom is -0.478 e. The largest absolute Gasteiger partial charge is 0.478 e. The molecule has 0 spiro atoms. The van der Waals surface area contributed by atoms with Gasteiger partial charge in [-0.2, -0.15) is 0 Å². The predicted molar refractivity (Wildman–Crippen MR) is 129 cm³/mol. The fourth-order valence-electron chi connectivity index (χ4n) is 4.98. The Morgan fingerprint density at radius 3 is 1.48 bits per heavy atom. The van der Waals surface area contributed by atoms with Crippen molar-refractivity contribution in [1.82, 2.24) is 0 Å². The molecule has 0 radical (unpaired) electrons. The van der Waals surface area contributed by atoms with E-state index in [2.05, 4.69) is 36.4 Å². The number of rotatable bonds is 4. The molecule has 33 heavy (non-hydrogen) atoms. The van der Waals surface area contributed by atoms with Gasteiger partial charge in [0.25, 0.3) is 0 Å². The zero-order valence-corrected chi connectivity index (χ0v) is 19.7. The Balaban J connectivity index is 1.71. The maximum absolute atomic E-state index is 10.6. The Kier molecular flexibility index (Phi) is 5.14. The first-order valence-corrected chi connectivity index (χ1v) is 11.6. The molecule has 5 rings (SSSR count). The molecular weight excluding hydrogens is 416 g/mol. The van der Waals surface area contributed by atoms with Crippen molar-refractivity contribution >= 4 is 11.8 Å². The van der Waals surface area contributed by atoms with Crippen molar-refractivity contribution in [3.05, 3.63) is 59.7 Å². The Hall–Kier alpha value is -2.70. The number of ether oxygens (including phenoxy) is 2. The Labute approximate surface area is 195 Å². The van der Waals surface area contributed by atoms with Crippen molar-refractivity contribution in [2.24, 2.45) is 15.4 Å². The van der Waals surface area contributed by atoms with Gasteiger partial charge in [-0.25, -0.2) is 9.98 Å². The van der Waals surface area contributed by atoms with Gasteiger partial charge in [0.15, 0.2) is 11.8 Å². The first kappa shape index (κ1) is 22.1. The van der Waals surface area contributed by atoms with Gasteiger partial charge in [-0.1, -0.05) is 48.5 Å². The number of fused-ring (bicyclic) bond motifs is 3. The van der Waals surface area contributed by atoms with Gasteiger partial charge in [-0.3, -0.25) is 0 Å². The van der Waals surface area contributed by atoms with Crippen LogP contribution in [-0.4, -0.2) is 58.5 Å². The molecule has 0 saturated carbocycles. The smallest absolute Gasteiger partial charge is 0.200 e. The summed E-state index contributed by atoms with van der Waals surface area (Å²) in [6, 6.07) is 16.0. The number of aliphatic hydroxyl groups is 2. The molecule has 6 nitrogen and oxygen atoms in total. The summed E-state index contributed by atoms with van der Waals surface area (Å²) in [5, 5.41) is 21.2. The van der Waals surface area contributed by atoms with Crippen molar-refractivity contribution in [2.75, 3.05) is 13.2 Å². The lowest BCUT2D eigenvalue weighted by Gasteiger charge is -2.31. The molecule has 0 fully saturated rings. The summed E-state index contributed by atoms with van der Waals surface area (Å²) >= 11 is 0. The summed E-state index contributed by atoms with van der Waals surface area (Å²) in [4.78, 5) is 9.79. The highest BCUT2D eigenvalue weighted by molar-refractivity contribution is 6.07. The second kappa shape index (κ2) is 7.67. The van der Waals surface area contributed by atoms with Gasteiger partial charge in [0.1, 0.15) is 30.7 Å². The summed E-state index contributed by atoms with van der Waals surface area (Å²) < 4.78 is 12.4. The zero-order valence-electron chi connectivity index (χ0n) is 19.7. The molecule has 0 aromatic heterocycles. The quantitative estimate of drug-likeness (QED) is 0.749. The zero-order chi connectivity index (χ0) is 23.4. The van der Waals surface area contributed by atoms with E-state index in [1.54, 1.807) is 27.7 Å². The van der Waals surface area contributed by atoms with E-state index in [1.807, 2.05) is 12.1 Å². The van der Waals surface area contributed by atoms with Crippen LogP contribution in [0.25, 0.3) is 11.1 Å². The molecule has 0 unspecified atom stereocenters. The Morgan fingerprint density at radius 1 is 0.727 bits per heavy atom. The minimum absolute atomic E-state index is 0.312. The molecule has 0 bridgehead atoms. The van der Waals surface area contributed by atoms with Crippen molar-refractivity contribution in [1.29, 1.82) is 0 Å². The summed E-state index contributed by atoms with van der Waals surface area (Å²) in [6.07, 6.45) is 1.21. The van der Waals surface area contributed by atoms with Gasteiger partial charge in [0.2, 0.25) is 0 Å². The van der Waals surface area contributed by atoms with E-state index in [1.165, 1.54) is 22.3 Å². The molecule has 0 saturated heterocycles. The van der Waals surface area contributed by atoms with Gasteiger partial charge in [0, 0.05) is 0 Å². The molecule has 2 atom stereocenters. The van der Waals surface area contributed by atoms with Crippen LogP contribution in [-0.2, 0) is 22.3 Å². The number of hydrogen-bond donors (Lipinski definition) is 2. The summed E-state index contributed by atoms with van der Waals surface area (Å²) in [6.45, 7) is 7.65. The first-order valence-electron chi connectivity index (χ1n) is 11.6. The molecular formula is C27H32N2O4. The summed E-state index contributed by atoms with van der Waals surface area (Å²) in [5.41, 5.74) is 1.94. The molecule has 2 aromatic rings. The SMILES string of the molecule is CC(C)(O)[C@@H]1COC(C2(C3=N[C@H](C(C)(C)O)CO3)Cc3ccccc3-c3ccccc3C2)=N1. The Bertz CT molecular complexity index is 1030. The first-order chi connectivity index (χ1) is 15.6. The van der Waals surface area contributed by atoms with E-state index in [0.717, 1.165) is 0 Å². The number of nitrogens with zero attached hydrogens (tertiary/aromatic N) is 2. The van der Waals surface area contributed by atoms with E-state index >= 15 is 0 Å². The van der Waals surface area contributed by atoms with Crippen molar-refractivity contribution in [3.8, 4) is 11.1 Å². The predicted octanol–water partition coefficient (Wildman–Crippen LogP) is 3.58. The van der Waals surface area contributed by atoms with Gasteiger partial charge >= 0.3 is 0 Å². The fourth-order valence-corrected chi connectivity index (χ4v) is 4.98. The molecule has 2 N–H and O–H groups in total. The molecule has 3 aliphatic rings. The highest BCUT2D eigenvalue weighted by Crippen LogP contribution is 2.45. The van der Waals surface area contributed by atoms with Crippen LogP contribution < -0.4 is 0 Å². The third-order valence-electron chi connectivity index (χ3n) is 7.06. The third kappa shape index (κ3) is 3.85. The molecule has 0 amide bonds. The average Bonchev–Trinajstić information content (AvgIpc) is 3.42. The van der Waals surface area contributed by atoms with Crippen LogP contribution in [0.1, 0.15) is 38.8 Å². The lowest BCUT2D eigenvalue weighted by atomic mass is 9.77. The van der Waals surface area contributed by atoms with Gasteiger partial charge in [0.05, 0.1) is 11.2 Å². The van der Waals surface area contributed by atoms with Gasteiger partial charge in [-0.05, 0) is 62.8 Å². The van der Waals surface area contributed by atoms with Crippen molar-refractivity contribution < 1.29 is 19.7 Å². The third-order valence-corrected chi connectivity index (χ3v) is 7.06. The second-order valence-corrected chi connectivity index (χ2v) is 10.6. The highest BCUT2D eigenvalue weighted by atomic mass is 16.5. The fraction of sp³-hybridized carbons (Fsp3) is 0.481. The second-order valence-electron chi connectivity index (χ2n) is 10.6. The average molecular weight is 449 g/mol. The van der Waals surface area contributed by atoms with E-state index in [9.17, 15) is 10.2 Å². The topological polar surface area (TPSA) is 83.6 Å². The van der Waals surface area contributed by atoms with Crippen LogP contribution >= 0.6 is 0 Å². The van der Waals surface area contributed by atoms with Crippen LogP contribution in [0.2, 0.25) is 0 Å². The molecule has 2 aliphatic heterocycles. The normalized spacial score (nSPS) is 24.1. The van der Waals surface area contributed by atoms with E-state index in [-0.39, 0.29) is 12.1 Å². The van der Waals surface area contributed by atoms with Crippen LogP contribution in [0.4, 0.5) is 0 Å². The lowest BCUT2D eigenvalue weighted by molar-refractivity contribution is 0.0431. The number of hydrogen-bond acceptors (Lipinski definition) is 6. The molecule has 2 aromatic carbocycles. The monoisotopic (exact) mass is 448 g/mol. The molecule has 2 heterocycles. The lowest BCUT2D eigenvalue weighted by Crippen LogP contribution is -2.44. The standard InChI is InChI=1S/C27H32N2O4/c1-25(2,30)21-15-32-23(28-21)27(24-29-22(16-33-24)26(3,4)31)13-17-9-5-7-11-19(17)20-12-8-6-10-18(20)14-27/h5-12,21-22,30-31H,13-16H2,1-4H3/t21-,22-/m0/s1. The Morgan fingerprint density at radius 2 is 1.12 bits per heavy atom. The van der Waals surface area contributed by atoms with Crippen LogP contribution in [0, 0.1) is 5.41 Å². The van der Waals surface area contributed by atoms with E-state index < -0.39 is 16.6 Å². The maximum atomic E-state index is 10.6. The van der Waals surface area contributed by atoms with Crippen molar-refractivity contribution in [2.45, 2.75) is 63.8 Å². The maximum Gasteiger partial charge on any atom is 0.200 e. The molecule has 6 heteroatoms. The van der Waals surface area contributed by atoms with Crippen LogP contribution in [0.15, 0.2) is 58.5 Å². The minimum atomic E-state index is -1.00. The highest BCUT2D eigenvalue weighted by Gasteiger charge is 2.52. The van der Waals surface area contributed by atoms with Crippen LogP contribution in [0.5, 0.6) is 0 Å². The van der Waals surface area contributed by atoms with E-state index in [4.69, 9.17) is 19.5 Å².